The van der Waals surface area contributed by atoms with E-state index in [0.29, 0.717) is 11.8 Å². The third kappa shape index (κ3) is 3.20. The van der Waals surface area contributed by atoms with Crippen molar-refractivity contribution in [2.24, 2.45) is 0 Å². The summed E-state index contributed by atoms with van der Waals surface area (Å²) in [6, 6.07) is 7.18. The third-order valence-electron chi connectivity index (χ3n) is 2.54. The Bertz CT molecular complexity index is 540. The molecule has 1 N–H and O–H groups in total. The van der Waals surface area contributed by atoms with Crippen LogP contribution in [0, 0.1) is 5.82 Å². The summed E-state index contributed by atoms with van der Waals surface area (Å²) in [5.41, 5.74) is 0. The van der Waals surface area contributed by atoms with E-state index in [1.54, 1.807) is 17.8 Å². The molecule has 3 nitrogen and oxygen atoms in total. The van der Waals surface area contributed by atoms with E-state index >= 15 is 0 Å². The van der Waals surface area contributed by atoms with Crippen LogP contribution in [-0.4, -0.2) is 15.4 Å². The monoisotopic (exact) mass is 281 g/mol. The highest BCUT2D eigenvalue weighted by molar-refractivity contribution is 7.98. The summed E-state index contributed by atoms with van der Waals surface area (Å²) in [6.45, 7) is 0. The normalized spacial score (nSPS) is 14.7. The Kier molecular flexibility index (Phi) is 3.47. The molecule has 0 unspecified atom stereocenters. The summed E-state index contributed by atoms with van der Waals surface area (Å²) < 4.78 is 17.3. The van der Waals surface area contributed by atoms with Crippen LogP contribution in [0.15, 0.2) is 29.2 Å². The van der Waals surface area contributed by atoms with Gasteiger partial charge in [0.05, 0.1) is 5.75 Å². The fraction of sp³-hybridized carbons (Fsp3) is 0.333. The van der Waals surface area contributed by atoms with Crippen LogP contribution >= 0.6 is 23.3 Å². The Morgan fingerprint density at radius 3 is 3.11 bits per heavy atom. The van der Waals surface area contributed by atoms with E-state index in [-0.39, 0.29) is 5.82 Å². The van der Waals surface area contributed by atoms with Crippen molar-refractivity contribution in [2.75, 3.05) is 5.32 Å². The molecule has 0 aliphatic heterocycles. The molecule has 1 aliphatic rings. The van der Waals surface area contributed by atoms with Gasteiger partial charge < -0.3 is 5.32 Å². The van der Waals surface area contributed by atoms with Crippen LogP contribution < -0.4 is 5.32 Å². The first-order valence-electron chi connectivity index (χ1n) is 5.77. The van der Waals surface area contributed by atoms with Crippen molar-refractivity contribution in [3.63, 3.8) is 0 Å². The Balaban J connectivity index is 1.57. The van der Waals surface area contributed by atoms with E-state index < -0.39 is 0 Å². The molecule has 1 aliphatic carbocycles. The van der Waals surface area contributed by atoms with Crippen molar-refractivity contribution in [2.45, 2.75) is 29.5 Å². The molecule has 1 heterocycles. The number of benzene rings is 1. The molecule has 0 bridgehead atoms. The van der Waals surface area contributed by atoms with E-state index in [0.717, 1.165) is 15.9 Å². The van der Waals surface area contributed by atoms with Crippen molar-refractivity contribution in [3.8, 4) is 0 Å². The highest BCUT2D eigenvalue weighted by Crippen LogP contribution is 2.27. The fourth-order valence-corrected chi connectivity index (χ4v) is 3.02. The van der Waals surface area contributed by atoms with Gasteiger partial charge in [-0.15, -0.1) is 11.8 Å². The second kappa shape index (κ2) is 5.24. The lowest BCUT2D eigenvalue weighted by Crippen LogP contribution is -1.99. The van der Waals surface area contributed by atoms with Gasteiger partial charge in [-0.05, 0) is 31.0 Å². The van der Waals surface area contributed by atoms with Crippen molar-refractivity contribution >= 4 is 28.4 Å². The van der Waals surface area contributed by atoms with Gasteiger partial charge in [-0.2, -0.15) is 4.37 Å². The number of thioether (sulfide) groups is 1. The molecule has 1 fully saturated rings. The minimum Gasteiger partial charge on any atom is -0.358 e. The van der Waals surface area contributed by atoms with E-state index in [9.17, 15) is 4.39 Å². The SMILES string of the molecule is Fc1cccc(SCc2nsc(NC3CC3)n2)c1. The van der Waals surface area contributed by atoms with Crippen LogP contribution in [0.3, 0.4) is 0 Å². The molecule has 1 aromatic heterocycles. The predicted molar refractivity (Wildman–Crippen MR) is 72.5 cm³/mol. The number of halogens is 1. The molecular weight excluding hydrogens is 269 g/mol. The minimum absolute atomic E-state index is 0.206. The molecule has 1 saturated carbocycles. The number of rotatable bonds is 5. The topological polar surface area (TPSA) is 37.8 Å². The lowest BCUT2D eigenvalue weighted by atomic mass is 10.4. The number of hydrogen-bond donors (Lipinski definition) is 1. The van der Waals surface area contributed by atoms with Gasteiger partial charge in [0.1, 0.15) is 5.82 Å². The average molecular weight is 281 g/mol. The van der Waals surface area contributed by atoms with Crippen LogP contribution in [0.25, 0.3) is 0 Å². The second-order valence-electron chi connectivity index (χ2n) is 4.18. The van der Waals surface area contributed by atoms with Crippen molar-refractivity contribution < 1.29 is 4.39 Å². The number of aromatic nitrogens is 2. The lowest BCUT2D eigenvalue weighted by molar-refractivity contribution is 0.624. The largest absolute Gasteiger partial charge is 0.358 e. The molecule has 18 heavy (non-hydrogen) atoms. The zero-order valence-corrected chi connectivity index (χ0v) is 11.2. The van der Waals surface area contributed by atoms with E-state index in [1.165, 1.54) is 36.5 Å². The molecular formula is C12H12FN3S2. The first-order chi connectivity index (χ1) is 8.79. The van der Waals surface area contributed by atoms with E-state index in [4.69, 9.17) is 0 Å². The van der Waals surface area contributed by atoms with Crippen LogP contribution in [-0.2, 0) is 5.75 Å². The number of nitrogens with zero attached hydrogens (tertiary/aromatic N) is 2. The number of nitrogens with one attached hydrogen (secondary N) is 1. The minimum atomic E-state index is -0.206. The molecule has 0 radical (unpaired) electrons. The number of hydrogen-bond acceptors (Lipinski definition) is 5. The Hall–Kier alpha value is -1.14. The Morgan fingerprint density at radius 1 is 1.44 bits per heavy atom. The Labute approximate surface area is 113 Å². The average Bonchev–Trinajstić information content (AvgIpc) is 3.05. The zero-order valence-electron chi connectivity index (χ0n) is 9.60. The van der Waals surface area contributed by atoms with Gasteiger partial charge in [-0.25, -0.2) is 9.37 Å². The second-order valence-corrected chi connectivity index (χ2v) is 5.98. The van der Waals surface area contributed by atoms with Gasteiger partial charge in [-0.1, -0.05) is 6.07 Å². The smallest absolute Gasteiger partial charge is 0.202 e. The molecule has 6 heteroatoms. The zero-order chi connectivity index (χ0) is 12.4. The van der Waals surface area contributed by atoms with Crippen LogP contribution in [0.5, 0.6) is 0 Å². The number of anilines is 1. The summed E-state index contributed by atoms with van der Waals surface area (Å²) in [4.78, 5) is 5.31. The predicted octanol–water partition coefficient (Wildman–Crippen LogP) is 3.54. The summed E-state index contributed by atoms with van der Waals surface area (Å²) >= 11 is 2.95. The Morgan fingerprint density at radius 2 is 2.33 bits per heavy atom. The lowest BCUT2D eigenvalue weighted by Gasteiger charge is -1.98. The summed E-state index contributed by atoms with van der Waals surface area (Å²) in [5, 5.41) is 4.21. The quantitative estimate of drug-likeness (QED) is 0.851. The van der Waals surface area contributed by atoms with Gasteiger partial charge in [0.25, 0.3) is 0 Å². The van der Waals surface area contributed by atoms with Gasteiger partial charge in [-0.3, -0.25) is 0 Å². The van der Waals surface area contributed by atoms with Gasteiger partial charge >= 0.3 is 0 Å². The standard InChI is InChI=1S/C12H12FN3S2/c13-8-2-1-3-10(6-8)17-7-11-15-12(18-16-11)14-9-4-5-9/h1-3,6,9H,4-5,7H2,(H,14,15,16). The highest BCUT2D eigenvalue weighted by atomic mass is 32.2. The van der Waals surface area contributed by atoms with Crippen LogP contribution in [0.1, 0.15) is 18.7 Å². The van der Waals surface area contributed by atoms with Gasteiger partial charge in [0.15, 0.2) is 5.82 Å². The molecule has 0 amide bonds. The van der Waals surface area contributed by atoms with Crippen molar-refractivity contribution in [1.82, 2.24) is 9.36 Å². The maximum atomic E-state index is 13.0. The van der Waals surface area contributed by atoms with Gasteiger partial charge in [0, 0.05) is 22.5 Å². The molecule has 0 spiro atoms. The molecule has 0 atom stereocenters. The van der Waals surface area contributed by atoms with Crippen LogP contribution in [0.2, 0.25) is 0 Å². The van der Waals surface area contributed by atoms with Crippen LogP contribution in [0.4, 0.5) is 9.52 Å². The molecule has 3 rings (SSSR count). The van der Waals surface area contributed by atoms with Gasteiger partial charge in [0.2, 0.25) is 5.13 Å². The molecule has 1 aromatic carbocycles. The highest BCUT2D eigenvalue weighted by Gasteiger charge is 2.22. The van der Waals surface area contributed by atoms with Crippen molar-refractivity contribution in [3.05, 3.63) is 35.9 Å². The van der Waals surface area contributed by atoms with E-state index in [1.807, 2.05) is 6.07 Å². The fourth-order valence-electron chi connectivity index (χ4n) is 1.48. The van der Waals surface area contributed by atoms with Crippen molar-refractivity contribution in [1.29, 1.82) is 0 Å². The first kappa shape index (κ1) is 11.9. The molecule has 0 saturated heterocycles. The van der Waals surface area contributed by atoms with E-state index in [2.05, 4.69) is 14.7 Å². The third-order valence-corrected chi connectivity index (χ3v) is 4.21. The maximum Gasteiger partial charge on any atom is 0.202 e. The summed E-state index contributed by atoms with van der Waals surface area (Å²) in [5.74, 6) is 1.27. The molecule has 94 valence electrons. The first-order valence-corrected chi connectivity index (χ1v) is 7.53. The maximum absolute atomic E-state index is 13.0. The summed E-state index contributed by atoms with van der Waals surface area (Å²) in [7, 11) is 0. The molecule has 2 aromatic rings. The summed E-state index contributed by atoms with van der Waals surface area (Å²) in [6.07, 6.45) is 2.46.